The zero-order chi connectivity index (χ0) is 7.83. The number of hydrogen-bond donors (Lipinski definition) is 1. The van der Waals surface area contributed by atoms with Crippen molar-refractivity contribution in [3.05, 3.63) is 0 Å². The summed E-state index contributed by atoms with van der Waals surface area (Å²) in [5.74, 6) is 0. The largest absolute Gasteiger partial charge is 0.372 e. The third kappa shape index (κ3) is 2.08. The third-order valence-electron chi connectivity index (χ3n) is 2.64. The molecule has 0 aromatic heterocycles. The molecule has 1 fully saturated rings. The molecular weight excluding hydrogens is 162 g/mol. The van der Waals surface area contributed by atoms with Crippen molar-refractivity contribution in [1.29, 1.82) is 0 Å². The van der Waals surface area contributed by atoms with Crippen molar-refractivity contribution in [1.82, 2.24) is 5.32 Å². The third-order valence-corrected chi connectivity index (χ3v) is 2.64. The van der Waals surface area contributed by atoms with Gasteiger partial charge in [-0.3, -0.25) is 0 Å². The molecule has 0 aliphatic carbocycles. The fourth-order valence-electron chi connectivity index (χ4n) is 1.06. The minimum atomic E-state index is -0.0365. The molecule has 0 atom stereocenters. The maximum Gasteiger partial charge on any atom is 0.0802 e. The van der Waals surface area contributed by atoms with Crippen LogP contribution in [-0.2, 0) is 4.74 Å². The first kappa shape index (κ1) is 11.2. The Hall–Kier alpha value is 0.210. The Labute approximate surface area is 75.1 Å². The van der Waals surface area contributed by atoms with Gasteiger partial charge < -0.3 is 10.1 Å². The Bertz CT molecular complexity index is 118. The lowest BCUT2D eigenvalue weighted by molar-refractivity contribution is -0.103. The first-order valence-electron chi connectivity index (χ1n) is 3.85. The molecule has 2 nitrogen and oxygen atoms in total. The normalized spacial score (nSPS) is 27.3. The Balaban J connectivity index is 0.000001000. The van der Waals surface area contributed by atoms with Gasteiger partial charge in [-0.2, -0.15) is 0 Å². The lowest BCUT2D eigenvalue weighted by Gasteiger charge is -2.46. The summed E-state index contributed by atoms with van der Waals surface area (Å²) in [5, 5.41) is 3.42. The first-order valence-corrected chi connectivity index (χ1v) is 3.85. The molecule has 68 valence electrons. The van der Waals surface area contributed by atoms with Crippen LogP contribution in [-0.4, -0.2) is 24.3 Å². The van der Waals surface area contributed by atoms with E-state index in [0.717, 1.165) is 13.2 Å². The van der Waals surface area contributed by atoms with Gasteiger partial charge >= 0.3 is 0 Å². The number of ether oxygens (including phenoxy) is 1. The Morgan fingerprint density at radius 1 is 1.18 bits per heavy atom. The molecule has 1 aliphatic rings. The second-order valence-corrected chi connectivity index (χ2v) is 3.91. The van der Waals surface area contributed by atoms with Gasteiger partial charge in [-0.1, -0.05) is 0 Å². The summed E-state index contributed by atoms with van der Waals surface area (Å²) in [6.07, 6.45) is 0. The molecule has 1 rings (SSSR count). The van der Waals surface area contributed by atoms with Crippen molar-refractivity contribution in [2.75, 3.05) is 13.2 Å². The highest BCUT2D eigenvalue weighted by molar-refractivity contribution is 5.85. The smallest absolute Gasteiger partial charge is 0.0802 e. The second-order valence-electron chi connectivity index (χ2n) is 3.91. The van der Waals surface area contributed by atoms with Gasteiger partial charge in [-0.15, -0.1) is 12.4 Å². The number of hydrogen-bond acceptors (Lipinski definition) is 2. The zero-order valence-corrected chi connectivity index (χ0v) is 8.55. The maximum absolute atomic E-state index is 5.62. The van der Waals surface area contributed by atoms with E-state index in [9.17, 15) is 0 Å². The summed E-state index contributed by atoms with van der Waals surface area (Å²) >= 11 is 0. The van der Waals surface area contributed by atoms with Crippen molar-refractivity contribution in [2.45, 2.75) is 38.8 Å². The van der Waals surface area contributed by atoms with E-state index in [4.69, 9.17) is 4.74 Å². The lowest BCUT2D eigenvalue weighted by atomic mass is 9.84. The van der Waals surface area contributed by atoms with Crippen molar-refractivity contribution in [3.8, 4) is 0 Å². The van der Waals surface area contributed by atoms with Gasteiger partial charge in [-0.25, -0.2) is 0 Å². The van der Waals surface area contributed by atoms with Crippen LogP contribution in [0.3, 0.4) is 0 Å². The van der Waals surface area contributed by atoms with Gasteiger partial charge in [0.2, 0.25) is 0 Å². The van der Waals surface area contributed by atoms with E-state index in [1.54, 1.807) is 0 Å². The average molecular weight is 180 g/mol. The van der Waals surface area contributed by atoms with E-state index in [1.165, 1.54) is 0 Å². The Morgan fingerprint density at radius 2 is 1.73 bits per heavy atom. The molecule has 0 unspecified atom stereocenters. The van der Waals surface area contributed by atoms with Crippen LogP contribution >= 0.6 is 12.4 Å². The molecule has 1 N–H and O–H groups in total. The van der Waals surface area contributed by atoms with Crippen molar-refractivity contribution in [3.63, 3.8) is 0 Å². The van der Waals surface area contributed by atoms with E-state index < -0.39 is 0 Å². The van der Waals surface area contributed by atoms with Crippen molar-refractivity contribution in [2.24, 2.45) is 0 Å². The molecule has 1 aliphatic heterocycles. The topological polar surface area (TPSA) is 21.3 Å². The molecule has 3 heteroatoms. The van der Waals surface area contributed by atoms with Crippen LogP contribution in [0.25, 0.3) is 0 Å². The van der Waals surface area contributed by atoms with Gasteiger partial charge in [0.25, 0.3) is 0 Å². The van der Waals surface area contributed by atoms with E-state index in [2.05, 4.69) is 33.0 Å². The predicted octanol–water partition coefficient (Wildman–Crippen LogP) is 1.59. The maximum atomic E-state index is 5.62. The average Bonchev–Trinajstić information content (AvgIpc) is 1.77. The summed E-state index contributed by atoms with van der Waals surface area (Å²) in [4.78, 5) is 0. The van der Waals surface area contributed by atoms with Crippen molar-refractivity contribution >= 4 is 12.4 Å². The van der Waals surface area contributed by atoms with Crippen molar-refractivity contribution < 1.29 is 4.74 Å². The molecule has 0 amide bonds. The van der Waals surface area contributed by atoms with E-state index >= 15 is 0 Å². The van der Waals surface area contributed by atoms with Crippen LogP contribution in [0.15, 0.2) is 0 Å². The van der Waals surface area contributed by atoms with Crippen LogP contribution in [0.5, 0.6) is 0 Å². The van der Waals surface area contributed by atoms with Crippen LogP contribution in [0.2, 0.25) is 0 Å². The van der Waals surface area contributed by atoms with E-state index in [-0.39, 0.29) is 23.5 Å². The Morgan fingerprint density at radius 3 is 2.00 bits per heavy atom. The highest BCUT2D eigenvalue weighted by atomic mass is 35.5. The lowest BCUT2D eigenvalue weighted by Crippen LogP contribution is -2.62. The molecule has 0 spiro atoms. The highest BCUT2D eigenvalue weighted by Gasteiger charge is 2.39. The molecule has 0 saturated carbocycles. The van der Waals surface area contributed by atoms with E-state index in [1.807, 2.05) is 0 Å². The van der Waals surface area contributed by atoms with Gasteiger partial charge in [-0.05, 0) is 27.7 Å². The molecule has 0 radical (unpaired) electrons. The summed E-state index contributed by atoms with van der Waals surface area (Å²) in [6, 6.07) is 0. The van der Waals surface area contributed by atoms with Crippen LogP contribution in [0.4, 0.5) is 0 Å². The van der Waals surface area contributed by atoms with Gasteiger partial charge in [0, 0.05) is 12.1 Å². The van der Waals surface area contributed by atoms with Gasteiger partial charge in [0.05, 0.1) is 12.2 Å². The van der Waals surface area contributed by atoms with Crippen LogP contribution < -0.4 is 5.32 Å². The molecule has 0 aromatic carbocycles. The molecule has 1 saturated heterocycles. The summed E-state index contributed by atoms with van der Waals surface area (Å²) in [6.45, 7) is 10.4. The van der Waals surface area contributed by atoms with Gasteiger partial charge in [0.15, 0.2) is 0 Å². The fourth-order valence-corrected chi connectivity index (χ4v) is 1.06. The van der Waals surface area contributed by atoms with Crippen LogP contribution in [0.1, 0.15) is 27.7 Å². The Kier molecular flexibility index (Phi) is 3.36. The predicted molar refractivity (Wildman–Crippen MR) is 49.4 cm³/mol. The molecule has 0 aromatic rings. The molecule has 1 heterocycles. The standard InChI is InChI=1S/C8H17NO.ClH/c1-7(2)8(3,4)10-6-5-9-7;/h9H,5-6H2,1-4H3;1H. The molecule has 11 heavy (non-hydrogen) atoms. The fraction of sp³-hybridized carbons (Fsp3) is 1.00. The zero-order valence-electron chi connectivity index (χ0n) is 7.73. The highest BCUT2D eigenvalue weighted by Crippen LogP contribution is 2.27. The van der Waals surface area contributed by atoms with Crippen LogP contribution in [0, 0.1) is 0 Å². The summed E-state index contributed by atoms with van der Waals surface area (Å²) < 4.78 is 5.62. The quantitative estimate of drug-likeness (QED) is 0.610. The molecular formula is C8H18ClNO. The SMILES string of the molecule is CC1(C)NCCOC1(C)C.Cl. The van der Waals surface area contributed by atoms with Gasteiger partial charge in [0.1, 0.15) is 0 Å². The summed E-state index contributed by atoms with van der Waals surface area (Å²) in [5.41, 5.74) is 0.0660. The monoisotopic (exact) mass is 179 g/mol. The second kappa shape index (κ2) is 3.30. The number of halogens is 1. The van der Waals surface area contributed by atoms with E-state index in [0.29, 0.717) is 0 Å². The minimum Gasteiger partial charge on any atom is -0.372 e. The number of rotatable bonds is 0. The number of nitrogens with one attached hydrogen (secondary N) is 1. The summed E-state index contributed by atoms with van der Waals surface area (Å²) in [7, 11) is 0. The first-order chi connectivity index (χ1) is 4.46. The number of morpholine rings is 1. The molecule has 0 bridgehead atoms. The minimum absolute atomic E-state index is 0.